The summed E-state index contributed by atoms with van der Waals surface area (Å²) in [6.07, 6.45) is 8.62. The minimum Gasteiger partial charge on any atom is -0.495 e. The van der Waals surface area contributed by atoms with Crippen LogP contribution in [0.1, 0.15) is 51.4 Å². The number of halogens is 1. The summed E-state index contributed by atoms with van der Waals surface area (Å²) in [5.41, 5.74) is 7.58. The standard InChI is InChI=1S/C22H31N3O3.ClH/c1-28-18-10-9-16(12-17(18)25-21(26)13-5-3-2-4-6-13)24-22(27)19-14-7-8-15(11-14)20(19)23;/h9-10,12-15,19-20H,2-8,11,23H2,1H3,(H,24,27)(H,25,26);1H. The van der Waals surface area contributed by atoms with Crippen LogP contribution in [0, 0.1) is 23.7 Å². The number of carbonyl (C=O) groups excluding carboxylic acids is 2. The van der Waals surface area contributed by atoms with E-state index in [0.717, 1.165) is 44.9 Å². The highest BCUT2D eigenvalue weighted by Gasteiger charge is 2.49. The molecule has 0 saturated heterocycles. The third kappa shape index (κ3) is 4.53. The molecule has 0 radical (unpaired) electrons. The molecule has 0 heterocycles. The molecule has 4 rings (SSSR count). The van der Waals surface area contributed by atoms with Gasteiger partial charge in [-0.2, -0.15) is 0 Å². The van der Waals surface area contributed by atoms with Crippen molar-refractivity contribution in [2.45, 2.75) is 57.4 Å². The summed E-state index contributed by atoms with van der Waals surface area (Å²) >= 11 is 0. The van der Waals surface area contributed by atoms with Gasteiger partial charge in [-0.05, 0) is 62.1 Å². The molecule has 2 bridgehead atoms. The quantitative estimate of drug-likeness (QED) is 0.671. The molecule has 3 fully saturated rings. The molecule has 4 atom stereocenters. The number of hydrogen-bond acceptors (Lipinski definition) is 4. The zero-order valence-electron chi connectivity index (χ0n) is 17.0. The molecule has 0 spiro atoms. The van der Waals surface area contributed by atoms with Gasteiger partial charge >= 0.3 is 0 Å². The summed E-state index contributed by atoms with van der Waals surface area (Å²) in [4.78, 5) is 25.5. The summed E-state index contributed by atoms with van der Waals surface area (Å²) in [5.74, 6) is 1.47. The van der Waals surface area contributed by atoms with Crippen LogP contribution in [0.3, 0.4) is 0 Å². The Morgan fingerprint density at radius 3 is 2.38 bits per heavy atom. The number of rotatable bonds is 5. The maximum Gasteiger partial charge on any atom is 0.229 e. The normalized spacial score (nSPS) is 28.5. The fourth-order valence-electron chi connectivity index (χ4n) is 5.43. The van der Waals surface area contributed by atoms with Crippen LogP contribution in [0.2, 0.25) is 0 Å². The minimum absolute atomic E-state index is 0. The maximum atomic E-state index is 12.8. The van der Waals surface area contributed by atoms with Gasteiger partial charge in [0.2, 0.25) is 11.8 Å². The van der Waals surface area contributed by atoms with E-state index < -0.39 is 0 Å². The number of methoxy groups -OCH3 is 1. The number of benzene rings is 1. The van der Waals surface area contributed by atoms with Crippen LogP contribution in [-0.2, 0) is 9.59 Å². The number of hydrogen-bond donors (Lipinski definition) is 3. The molecule has 0 aliphatic heterocycles. The molecule has 160 valence electrons. The average Bonchev–Trinajstić information content (AvgIpc) is 3.30. The van der Waals surface area contributed by atoms with Gasteiger partial charge in [0.25, 0.3) is 0 Å². The van der Waals surface area contributed by atoms with Gasteiger partial charge in [-0.15, -0.1) is 12.4 Å². The van der Waals surface area contributed by atoms with Crippen molar-refractivity contribution in [3.63, 3.8) is 0 Å². The van der Waals surface area contributed by atoms with Crippen LogP contribution in [0.5, 0.6) is 5.75 Å². The maximum absolute atomic E-state index is 12.8. The Morgan fingerprint density at radius 2 is 1.72 bits per heavy atom. The summed E-state index contributed by atoms with van der Waals surface area (Å²) < 4.78 is 5.40. The zero-order valence-corrected chi connectivity index (χ0v) is 17.8. The minimum atomic E-state index is -0.110. The van der Waals surface area contributed by atoms with E-state index in [1.807, 2.05) is 6.07 Å². The molecule has 4 N–H and O–H groups in total. The number of nitrogens with two attached hydrogens (primary N) is 1. The van der Waals surface area contributed by atoms with Crippen LogP contribution in [-0.4, -0.2) is 25.0 Å². The Balaban J connectivity index is 0.00000240. The number of fused-ring (bicyclic) bond motifs is 2. The van der Waals surface area contributed by atoms with Crippen molar-refractivity contribution in [1.29, 1.82) is 0 Å². The lowest BCUT2D eigenvalue weighted by molar-refractivity contribution is -0.122. The summed E-state index contributed by atoms with van der Waals surface area (Å²) in [7, 11) is 1.58. The molecule has 3 aliphatic carbocycles. The van der Waals surface area contributed by atoms with E-state index in [9.17, 15) is 9.59 Å². The van der Waals surface area contributed by atoms with E-state index in [1.165, 1.54) is 6.42 Å². The van der Waals surface area contributed by atoms with Crippen molar-refractivity contribution in [2.75, 3.05) is 17.7 Å². The first-order valence-electron chi connectivity index (χ1n) is 10.6. The highest BCUT2D eigenvalue weighted by Crippen LogP contribution is 2.48. The lowest BCUT2D eigenvalue weighted by atomic mass is 9.84. The highest BCUT2D eigenvalue weighted by molar-refractivity contribution is 5.97. The first-order valence-corrected chi connectivity index (χ1v) is 10.6. The molecule has 7 heteroatoms. The van der Waals surface area contributed by atoms with Gasteiger partial charge in [0.15, 0.2) is 0 Å². The van der Waals surface area contributed by atoms with E-state index in [2.05, 4.69) is 10.6 Å². The van der Waals surface area contributed by atoms with Crippen LogP contribution >= 0.6 is 12.4 Å². The van der Waals surface area contributed by atoms with E-state index in [4.69, 9.17) is 10.5 Å². The van der Waals surface area contributed by atoms with Gasteiger partial charge in [0.05, 0.1) is 18.7 Å². The monoisotopic (exact) mass is 421 g/mol. The van der Waals surface area contributed by atoms with Crippen molar-refractivity contribution >= 4 is 35.6 Å². The molecule has 4 unspecified atom stereocenters. The van der Waals surface area contributed by atoms with Crippen molar-refractivity contribution in [2.24, 2.45) is 29.4 Å². The van der Waals surface area contributed by atoms with Gasteiger partial charge < -0.3 is 21.1 Å². The Kier molecular flexibility index (Phi) is 7.06. The summed E-state index contributed by atoms with van der Waals surface area (Å²) in [5, 5.41) is 6.03. The average molecular weight is 422 g/mol. The van der Waals surface area contributed by atoms with E-state index >= 15 is 0 Å². The molecule has 2 amide bonds. The molecule has 1 aromatic rings. The Morgan fingerprint density at radius 1 is 1.00 bits per heavy atom. The second-order valence-corrected chi connectivity index (χ2v) is 8.66. The number of amides is 2. The topological polar surface area (TPSA) is 93.4 Å². The Labute approximate surface area is 178 Å². The Bertz CT molecular complexity index is 749. The largest absolute Gasteiger partial charge is 0.495 e. The van der Waals surface area contributed by atoms with Gasteiger partial charge in [0.1, 0.15) is 5.75 Å². The molecule has 29 heavy (non-hydrogen) atoms. The van der Waals surface area contributed by atoms with Gasteiger partial charge in [-0.3, -0.25) is 9.59 Å². The SMILES string of the molecule is COc1ccc(NC(=O)C2C3CCC(C3)C2N)cc1NC(=O)C1CCCCC1.Cl. The van der Waals surface area contributed by atoms with Crippen LogP contribution < -0.4 is 21.1 Å². The first-order chi connectivity index (χ1) is 13.6. The van der Waals surface area contributed by atoms with E-state index in [1.54, 1.807) is 19.2 Å². The first kappa shape index (κ1) is 21.9. The number of nitrogens with one attached hydrogen (secondary N) is 2. The second-order valence-electron chi connectivity index (χ2n) is 8.66. The van der Waals surface area contributed by atoms with Crippen molar-refractivity contribution in [3.8, 4) is 5.75 Å². The highest BCUT2D eigenvalue weighted by atomic mass is 35.5. The fraction of sp³-hybridized carbons (Fsp3) is 0.636. The van der Waals surface area contributed by atoms with E-state index in [0.29, 0.717) is 29.0 Å². The molecule has 3 aliphatic rings. The van der Waals surface area contributed by atoms with Crippen molar-refractivity contribution in [3.05, 3.63) is 18.2 Å². The number of anilines is 2. The summed E-state index contributed by atoms with van der Waals surface area (Å²) in [6, 6.07) is 5.34. The molecule has 3 saturated carbocycles. The van der Waals surface area contributed by atoms with E-state index in [-0.39, 0.29) is 42.1 Å². The molecule has 1 aromatic carbocycles. The van der Waals surface area contributed by atoms with Crippen LogP contribution in [0.4, 0.5) is 11.4 Å². The lowest BCUT2D eigenvalue weighted by Crippen LogP contribution is -2.42. The second kappa shape index (κ2) is 9.35. The van der Waals surface area contributed by atoms with Gasteiger partial charge in [-0.25, -0.2) is 0 Å². The molecule has 6 nitrogen and oxygen atoms in total. The Hall–Kier alpha value is -1.79. The van der Waals surface area contributed by atoms with Gasteiger partial charge in [-0.1, -0.05) is 19.3 Å². The molecular formula is C22H32ClN3O3. The van der Waals surface area contributed by atoms with Gasteiger partial charge in [0, 0.05) is 17.6 Å². The smallest absolute Gasteiger partial charge is 0.229 e. The molecule has 0 aromatic heterocycles. The predicted octanol–water partition coefficient (Wildman–Crippen LogP) is 3.95. The number of carbonyl (C=O) groups is 2. The predicted molar refractivity (Wildman–Crippen MR) is 116 cm³/mol. The fourth-order valence-corrected chi connectivity index (χ4v) is 5.43. The van der Waals surface area contributed by atoms with Crippen LogP contribution in [0.15, 0.2) is 18.2 Å². The third-order valence-electron chi connectivity index (χ3n) is 6.98. The third-order valence-corrected chi connectivity index (χ3v) is 6.98. The zero-order chi connectivity index (χ0) is 19.7. The van der Waals surface area contributed by atoms with Crippen molar-refractivity contribution < 1.29 is 14.3 Å². The van der Waals surface area contributed by atoms with Crippen LogP contribution in [0.25, 0.3) is 0 Å². The van der Waals surface area contributed by atoms with Crippen molar-refractivity contribution in [1.82, 2.24) is 0 Å². The number of ether oxygens (including phenoxy) is 1. The summed E-state index contributed by atoms with van der Waals surface area (Å²) in [6.45, 7) is 0. The lowest BCUT2D eigenvalue weighted by Gasteiger charge is -2.27. The molecular weight excluding hydrogens is 390 g/mol.